The van der Waals surface area contributed by atoms with Gasteiger partial charge in [0.05, 0.1) is 41.3 Å². The topological polar surface area (TPSA) is 122 Å². The molecule has 7 aromatic carbocycles. The molecule has 3 heterocycles. The minimum atomic E-state index is -2.08. The molecule has 3 aliphatic rings. The van der Waals surface area contributed by atoms with Gasteiger partial charge in [0.25, 0.3) is 17.7 Å². The first-order valence-electron chi connectivity index (χ1n) is 20.8. The largest absolute Gasteiger partial charge is 0.395 e. The summed E-state index contributed by atoms with van der Waals surface area (Å²) in [5.41, 5.74) is 4.26. The van der Waals surface area contributed by atoms with Gasteiger partial charge in [0.1, 0.15) is 0 Å². The van der Waals surface area contributed by atoms with Gasteiger partial charge >= 0.3 is 0 Å². The molecule has 7 aromatic rings. The standard InChI is InChI=1S/C52H42N4O6/c1-33(11-5-24-46(58)53(27-28-57)31-34-12-3-2-4-13-34)52(62)42-30-39(56-45-23-10-18-37-16-8-21-41(48(37)45)50(56)60)25-26-43(42)54(51(52)61)32-35-14-6-19-38(29-35)55-44-22-9-17-36-15-7-20-40(47(36)44)49(55)59/h2-23,25-26,29-30,33,57,62H,24,27-28,31-32H2,1H3/b11-5+/t33-,52+/m0/s1. The van der Waals surface area contributed by atoms with Gasteiger partial charge in [-0.05, 0) is 76.5 Å². The summed E-state index contributed by atoms with van der Waals surface area (Å²) in [4.78, 5) is 62.7. The van der Waals surface area contributed by atoms with Crippen LogP contribution in [0.15, 0.2) is 158 Å². The number of aliphatic hydroxyl groups excluding tert-OH is 1. The molecule has 4 amide bonds. The van der Waals surface area contributed by atoms with Crippen molar-refractivity contribution in [3.05, 3.63) is 186 Å². The number of hydrogen-bond donors (Lipinski definition) is 2. The molecule has 0 aliphatic carbocycles. The van der Waals surface area contributed by atoms with Crippen molar-refractivity contribution in [3.8, 4) is 0 Å². The van der Waals surface area contributed by atoms with Crippen LogP contribution in [-0.4, -0.2) is 51.9 Å². The molecular formula is C52H42N4O6. The second-order valence-electron chi connectivity index (χ2n) is 16.1. The molecule has 0 unspecified atom stereocenters. The van der Waals surface area contributed by atoms with Crippen molar-refractivity contribution in [2.45, 2.75) is 32.0 Å². The summed E-state index contributed by atoms with van der Waals surface area (Å²) in [6.07, 6.45) is 3.34. The highest BCUT2D eigenvalue weighted by atomic mass is 16.3. The Hall–Kier alpha value is -7.40. The summed E-state index contributed by atoms with van der Waals surface area (Å²) < 4.78 is 0. The zero-order valence-corrected chi connectivity index (χ0v) is 33.9. The van der Waals surface area contributed by atoms with Crippen LogP contribution in [0.4, 0.5) is 28.4 Å². The number of amides is 4. The molecule has 62 heavy (non-hydrogen) atoms. The number of rotatable bonds is 12. The normalized spacial score (nSPS) is 17.0. The number of fused-ring (bicyclic) bond motifs is 1. The molecular weight excluding hydrogens is 777 g/mol. The maximum atomic E-state index is 14.9. The average molecular weight is 819 g/mol. The van der Waals surface area contributed by atoms with Crippen LogP contribution in [0.25, 0.3) is 21.5 Å². The molecule has 0 fully saturated rings. The van der Waals surface area contributed by atoms with E-state index in [1.165, 1.54) is 0 Å². The van der Waals surface area contributed by atoms with Crippen molar-refractivity contribution >= 4 is 73.6 Å². The lowest BCUT2D eigenvalue weighted by Crippen LogP contribution is -2.44. The fourth-order valence-electron chi connectivity index (χ4n) is 9.41. The van der Waals surface area contributed by atoms with E-state index in [0.717, 1.165) is 38.4 Å². The molecule has 0 aromatic heterocycles. The van der Waals surface area contributed by atoms with Gasteiger partial charge in [0, 0.05) is 53.1 Å². The van der Waals surface area contributed by atoms with E-state index >= 15 is 0 Å². The van der Waals surface area contributed by atoms with Gasteiger partial charge in [-0.3, -0.25) is 29.0 Å². The average Bonchev–Trinajstić information content (AvgIpc) is 3.83. The van der Waals surface area contributed by atoms with Crippen LogP contribution in [0.5, 0.6) is 0 Å². The second-order valence-corrected chi connectivity index (χ2v) is 16.1. The molecule has 2 N–H and O–H groups in total. The SMILES string of the molecule is C[C@@H](/C=C/CC(=O)N(CCO)Cc1ccccc1)[C@]1(O)C(=O)N(Cc2cccc(N3C(=O)c4cccc5cccc3c45)c2)c2ccc(N3C(=O)c4cccc5cccc3c45)cc21. The highest BCUT2D eigenvalue weighted by Crippen LogP contribution is 2.50. The molecule has 10 rings (SSSR count). The van der Waals surface area contributed by atoms with Crippen molar-refractivity contribution < 1.29 is 29.4 Å². The second kappa shape index (κ2) is 15.3. The van der Waals surface area contributed by atoms with E-state index in [0.29, 0.717) is 46.0 Å². The Kier molecular flexibility index (Phi) is 9.54. The third-order valence-corrected chi connectivity index (χ3v) is 12.4. The maximum Gasteiger partial charge on any atom is 0.264 e. The van der Waals surface area contributed by atoms with Gasteiger partial charge in [-0.2, -0.15) is 0 Å². The van der Waals surface area contributed by atoms with Crippen LogP contribution in [-0.2, 0) is 28.3 Å². The number of benzene rings is 7. The Labute approximate surface area is 358 Å². The van der Waals surface area contributed by atoms with Gasteiger partial charge in [-0.25, -0.2) is 0 Å². The zero-order valence-electron chi connectivity index (χ0n) is 33.9. The van der Waals surface area contributed by atoms with E-state index in [2.05, 4.69) is 0 Å². The lowest BCUT2D eigenvalue weighted by molar-refractivity contribution is -0.139. The van der Waals surface area contributed by atoms with Crippen LogP contribution >= 0.6 is 0 Å². The molecule has 3 aliphatic heterocycles. The van der Waals surface area contributed by atoms with E-state index in [1.54, 1.807) is 56.9 Å². The Morgan fingerprint density at radius 1 is 0.677 bits per heavy atom. The van der Waals surface area contributed by atoms with E-state index in [-0.39, 0.29) is 43.8 Å². The highest BCUT2D eigenvalue weighted by molar-refractivity contribution is 6.29. The van der Waals surface area contributed by atoms with Crippen molar-refractivity contribution in [3.63, 3.8) is 0 Å². The van der Waals surface area contributed by atoms with E-state index < -0.39 is 17.4 Å². The van der Waals surface area contributed by atoms with Gasteiger partial charge < -0.3 is 20.0 Å². The van der Waals surface area contributed by atoms with Crippen LogP contribution in [0, 0.1) is 5.92 Å². The molecule has 0 spiro atoms. The highest BCUT2D eigenvalue weighted by Gasteiger charge is 2.53. The third-order valence-electron chi connectivity index (χ3n) is 12.4. The van der Waals surface area contributed by atoms with Crippen LogP contribution < -0.4 is 14.7 Å². The lowest BCUT2D eigenvalue weighted by atomic mass is 9.82. The minimum Gasteiger partial charge on any atom is -0.395 e. The number of carbonyl (C=O) groups excluding carboxylic acids is 4. The summed E-state index contributed by atoms with van der Waals surface area (Å²) >= 11 is 0. The van der Waals surface area contributed by atoms with Crippen molar-refractivity contribution in [1.29, 1.82) is 0 Å². The maximum absolute atomic E-state index is 14.9. The number of nitrogens with zero attached hydrogens (tertiary/aromatic N) is 4. The molecule has 10 heteroatoms. The van der Waals surface area contributed by atoms with Gasteiger partial charge in [0.15, 0.2) is 5.60 Å². The lowest BCUT2D eigenvalue weighted by Gasteiger charge is -2.28. The first-order valence-corrected chi connectivity index (χ1v) is 20.8. The van der Waals surface area contributed by atoms with Crippen LogP contribution in [0.2, 0.25) is 0 Å². The summed E-state index contributed by atoms with van der Waals surface area (Å²) in [7, 11) is 0. The fraction of sp³-hybridized carbons (Fsp3) is 0.154. The Balaban J connectivity index is 0.991. The summed E-state index contributed by atoms with van der Waals surface area (Å²) in [5.74, 6) is -1.92. The van der Waals surface area contributed by atoms with Gasteiger partial charge in [-0.1, -0.05) is 110 Å². The van der Waals surface area contributed by atoms with Gasteiger partial charge in [0.2, 0.25) is 5.91 Å². The quantitative estimate of drug-likeness (QED) is 0.119. The molecule has 10 nitrogen and oxygen atoms in total. The Bertz CT molecular complexity index is 3010. The van der Waals surface area contributed by atoms with Crippen molar-refractivity contribution in [2.24, 2.45) is 5.92 Å². The summed E-state index contributed by atoms with van der Waals surface area (Å²) in [6, 6.07) is 45.3. The predicted molar refractivity (Wildman–Crippen MR) is 241 cm³/mol. The number of hydrogen-bond acceptors (Lipinski definition) is 6. The first kappa shape index (κ1) is 38.8. The first-order chi connectivity index (χ1) is 30.2. The number of anilines is 5. The van der Waals surface area contributed by atoms with Crippen molar-refractivity contribution in [1.82, 2.24) is 4.90 Å². The summed E-state index contributed by atoms with van der Waals surface area (Å²) in [5, 5.41) is 26.2. The molecule has 0 saturated carbocycles. The van der Waals surface area contributed by atoms with E-state index in [4.69, 9.17) is 0 Å². The molecule has 2 atom stereocenters. The molecule has 0 radical (unpaired) electrons. The minimum absolute atomic E-state index is 0.0117. The number of aliphatic hydroxyl groups is 2. The van der Waals surface area contributed by atoms with Crippen molar-refractivity contribution in [2.75, 3.05) is 27.9 Å². The molecule has 306 valence electrons. The Morgan fingerprint density at radius 2 is 1.26 bits per heavy atom. The van der Waals surface area contributed by atoms with Crippen LogP contribution in [0.1, 0.15) is 50.8 Å². The van der Waals surface area contributed by atoms with Crippen LogP contribution in [0.3, 0.4) is 0 Å². The molecule has 0 bridgehead atoms. The van der Waals surface area contributed by atoms with E-state index in [9.17, 15) is 29.4 Å². The van der Waals surface area contributed by atoms with E-state index in [1.807, 2.05) is 127 Å². The Morgan fingerprint density at radius 3 is 1.89 bits per heavy atom. The monoisotopic (exact) mass is 818 g/mol. The summed E-state index contributed by atoms with van der Waals surface area (Å²) in [6.45, 7) is 2.12. The molecule has 0 saturated heterocycles. The van der Waals surface area contributed by atoms with Gasteiger partial charge in [-0.15, -0.1) is 0 Å². The fourth-order valence-corrected chi connectivity index (χ4v) is 9.41. The zero-order chi connectivity index (χ0) is 42.7. The predicted octanol–water partition coefficient (Wildman–Crippen LogP) is 8.91. The third kappa shape index (κ3) is 6.17. The number of carbonyl (C=O) groups is 4. The smallest absolute Gasteiger partial charge is 0.264 e.